The molecular formula is C43H33NO. The summed E-state index contributed by atoms with van der Waals surface area (Å²) in [6.45, 7) is 4.71. The first kappa shape index (κ1) is 26.1. The lowest BCUT2D eigenvalue weighted by Crippen LogP contribution is -2.20. The van der Waals surface area contributed by atoms with Crippen LogP contribution in [0.2, 0.25) is 0 Å². The van der Waals surface area contributed by atoms with Crippen LogP contribution in [0.3, 0.4) is 0 Å². The predicted octanol–water partition coefficient (Wildman–Crippen LogP) is 11.9. The van der Waals surface area contributed by atoms with Crippen LogP contribution in [0.25, 0.3) is 49.4 Å². The third-order valence-electron chi connectivity index (χ3n) is 9.99. The zero-order valence-electron chi connectivity index (χ0n) is 25.5. The molecule has 2 nitrogen and oxygen atoms in total. The van der Waals surface area contributed by atoms with E-state index in [9.17, 15) is 0 Å². The molecule has 0 atom stereocenters. The Balaban J connectivity index is 1.24. The first-order chi connectivity index (χ1) is 22.1. The lowest BCUT2D eigenvalue weighted by atomic mass is 9.82. The van der Waals surface area contributed by atoms with E-state index >= 15 is 0 Å². The van der Waals surface area contributed by atoms with Crippen molar-refractivity contribution in [2.45, 2.75) is 32.1 Å². The lowest BCUT2D eigenvalue weighted by molar-refractivity contribution is 0.653. The van der Waals surface area contributed by atoms with Crippen LogP contribution in [0, 0.1) is 0 Å². The number of hydrogen-bond donors (Lipinski definition) is 0. The monoisotopic (exact) mass is 579 g/mol. The molecule has 2 aliphatic rings. The summed E-state index contributed by atoms with van der Waals surface area (Å²) in [5.41, 5.74) is 13.3. The molecule has 7 aromatic rings. The molecule has 0 bridgehead atoms. The summed E-state index contributed by atoms with van der Waals surface area (Å²) in [7, 11) is 0. The van der Waals surface area contributed by atoms with E-state index in [1.807, 2.05) is 0 Å². The highest BCUT2D eigenvalue weighted by Gasteiger charge is 2.38. The fourth-order valence-corrected chi connectivity index (χ4v) is 7.70. The van der Waals surface area contributed by atoms with Gasteiger partial charge in [-0.2, -0.15) is 0 Å². The van der Waals surface area contributed by atoms with Crippen molar-refractivity contribution in [3.63, 3.8) is 0 Å². The van der Waals surface area contributed by atoms with Crippen LogP contribution in [-0.2, 0) is 5.41 Å². The fraction of sp³-hybridized carbons (Fsp3) is 0.116. The molecule has 2 heteroatoms. The molecule has 216 valence electrons. The molecule has 6 aromatic carbocycles. The molecule has 0 unspecified atom stereocenters. The summed E-state index contributed by atoms with van der Waals surface area (Å²) < 4.78 is 6.56. The van der Waals surface area contributed by atoms with E-state index in [4.69, 9.17) is 4.42 Å². The third kappa shape index (κ3) is 3.95. The predicted molar refractivity (Wildman–Crippen MR) is 189 cm³/mol. The number of rotatable bonds is 4. The fourth-order valence-electron chi connectivity index (χ4n) is 7.70. The maximum Gasteiger partial charge on any atom is 0.143 e. The first-order valence-electron chi connectivity index (χ1n) is 15.9. The molecule has 9 rings (SSSR count). The van der Waals surface area contributed by atoms with Gasteiger partial charge in [0.1, 0.15) is 11.2 Å². The molecule has 0 saturated carbocycles. The third-order valence-corrected chi connectivity index (χ3v) is 9.99. The summed E-state index contributed by atoms with van der Waals surface area (Å²) >= 11 is 0. The molecule has 2 aliphatic carbocycles. The van der Waals surface area contributed by atoms with E-state index in [0.717, 1.165) is 24.0 Å². The van der Waals surface area contributed by atoms with Gasteiger partial charge in [0.15, 0.2) is 0 Å². The number of furan rings is 1. The molecule has 0 radical (unpaired) electrons. The van der Waals surface area contributed by atoms with Crippen molar-refractivity contribution in [2.24, 2.45) is 0 Å². The largest absolute Gasteiger partial charge is 0.455 e. The Hall–Kier alpha value is -5.34. The number of benzene rings is 6. The van der Waals surface area contributed by atoms with Crippen molar-refractivity contribution in [1.29, 1.82) is 0 Å². The quantitative estimate of drug-likeness (QED) is 0.206. The van der Waals surface area contributed by atoms with Gasteiger partial charge in [-0.15, -0.1) is 0 Å². The number of fused-ring (bicyclic) bond motifs is 8. The highest BCUT2D eigenvalue weighted by molar-refractivity contribution is 6.12. The normalized spacial score (nSPS) is 15.2. The Morgan fingerprint density at radius 1 is 0.622 bits per heavy atom. The van der Waals surface area contributed by atoms with Crippen molar-refractivity contribution in [3.05, 3.63) is 162 Å². The van der Waals surface area contributed by atoms with Crippen LogP contribution < -0.4 is 4.90 Å². The summed E-state index contributed by atoms with van der Waals surface area (Å²) in [6, 6.07) is 46.2. The smallest absolute Gasteiger partial charge is 0.143 e. The van der Waals surface area contributed by atoms with E-state index in [2.05, 4.69) is 158 Å². The van der Waals surface area contributed by atoms with Crippen LogP contribution in [-0.4, -0.2) is 0 Å². The van der Waals surface area contributed by atoms with E-state index < -0.39 is 0 Å². The number of anilines is 2. The second-order valence-electron chi connectivity index (χ2n) is 12.9. The lowest BCUT2D eigenvalue weighted by Gasteiger charge is -2.32. The van der Waals surface area contributed by atoms with Crippen molar-refractivity contribution in [3.8, 4) is 11.1 Å². The topological polar surface area (TPSA) is 16.4 Å². The van der Waals surface area contributed by atoms with Crippen molar-refractivity contribution >= 4 is 49.7 Å². The van der Waals surface area contributed by atoms with E-state index in [0.29, 0.717) is 0 Å². The van der Waals surface area contributed by atoms with Crippen molar-refractivity contribution < 1.29 is 4.42 Å². The van der Waals surface area contributed by atoms with Gasteiger partial charge < -0.3 is 9.32 Å². The number of nitrogens with zero attached hydrogens (tertiary/aromatic N) is 1. The minimum absolute atomic E-state index is 0.167. The van der Waals surface area contributed by atoms with E-state index in [1.165, 1.54) is 72.0 Å². The molecule has 0 amide bonds. The zero-order chi connectivity index (χ0) is 30.1. The summed E-state index contributed by atoms with van der Waals surface area (Å²) in [4.78, 5) is 2.50. The molecule has 45 heavy (non-hydrogen) atoms. The number of allylic oxidation sites excluding steroid dienone is 4. The molecule has 0 fully saturated rings. The zero-order valence-corrected chi connectivity index (χ0v) is 25.5. The van der Waals surface area contributed by atoms with Crippen LogP contribution >= 0.6 is 0 Å². The standard InChI is InChI=1S/C43H33NO/c1-43(2)37-26-25-35-34-16-8-9-18-40(34)45-42(35)41(37)36-24-23-32(27-38(36)43)44(39-17-10-14-30-13-6-7-15-33(30)39)31-21-19-29(20-22-31)28-11-4-3-5-12-28/h3-19,21,23-27H,20,22H2,1-2H3. The Morgan fingerprint density at radius 2 is 1.40 bits per heavy atom. The van der Waals surface area contributed by atoms with Gasteiger partial charge in [-0.1, -0.05) is 123 Å². The van der Waals surface area contributed by atoms with Crippen molar-refractivity contribution in [1.82, 2.24) is 0 Å². The molecule has 1 heterocycles. The second-order valence-corrected chi connectivity index (χ2v) is 12.9. The van der Waals surface area contributed by atoms with Crippen LogP contribution in [0.4, 0.5) is 11.4 Å². The second kappa shape index (κ2) is 9.84. The molecule has 1 aromatic heterocycles. The SMILES string of the molecule is CC1(C)c2cc(N(C3=CC=C(c4ccccc4)CC3)c3cccc4ccccc34)ccc2-c2c1ccc1c2oc2ccccc21. The highest BCUT2D eigenvalue weighted by Crippen LogP contribution is 2.54. The van der Waals surface area contributed by atoms with Crippen molar-refractivity contribution in [2.75, 3.05) is 4.90 Å². The Kier molecular flexibility index (Phi) is 5.70. The summed E-state index contributed by atoms with van der Waals surface area (Å²) in [5, 5.41) is 4.86. The number of hydrogen-bond acceptors (Lipinski definition) is 2. The minimum atomic E-state index is -0.167. The Morgan fingerprint density at radius 3 is 2.24 bits per heavy atom. The minimum Gasteiger partial charge on any atom is -0.455 e. The first-order valence-corrected chi connectivity index (χ1v) is 15.9. The van der Waals surface area contributed by atoms with Gasteiger partial charge in [-0.3, -0.25) is 0 Å². The summed E-state index contributed by atoms with van der Waals surface area (Å²) in [6.07, 6.45) is 6.61. The van der Waals surface area contributed by atoms with Crippen LogP contribution in [0.5, 0.6) is 0 Å². The molecule has 0 N–H and O–H groups in total. The maximum atomic E-state index is 6.56. The van der Waals surface area contributed by atoms with Gasteiger partial charge in [0.2, 0.25) is 0 Å². The van der Waals surface area contributed by atoms with Gasteiger partial charge in [-0.25, -0.2) is 0 Å². The highest BCUT2D eigenvalue weighted by atomic mass is 16.3. The Bertz CT molecular complexity index is 2350. The average molecular weight is 580 g/mol. The van der Waals surface area contributed by atoms with E-state index in [-0.39, 0.29) is 5.41 Å². The molecule has 0 aliphatic heterocycles. The maximum absolute atomic E-state index is 6.56. The van der Waals surface area contributed by atoms with Gasteiger partial charge >= 0.3 is 0 Å². The van der Waals surface area contributed by atoms with Gasteiger partial charge in [0.05, 0.1) is 5.69 Å². The molecular weight excluding hydrogens is 546 g/mol. The van der Waals surface area contributed by atoms with Gasteiger partial charge in [0.25, 0.3) is 0 Å². The summed E-state index contributed by atoms with van der Waals surface area (Å²) in [5.74, 6) is 0. The molecule has 0 spiro atoms. The number of para-hydroxylation sites is 1. The van der Waals surface area contributed by atoms with Gasteiger partial charge in [-0.05, 0) is 76.4 Å². The average Bonchev–Trinajstić information content (AvgIpc) is 3.58. The van der Waals surface area contributed by atoms with E-state index in [1.54, 1.807) is 0 Å². The van der Waals surface area contributed by atoms with Crippen LogP contribution in [0.15, 0.2) is 150 Å². The van der Waals surface area contributed by atoms with Crippen LogP contribution in [0.1, 0.15) is 43.4 Å². The Labute approximate surface area is 263 Å². The molecule has 0 saturated heterocycles. The van der Waals surface area contributed by atoms with Gasteiger partial charge in [0, 0.05) is 38.5 Å².